The fraction of sp³-hybridized carbons (Fsp3) is 0.294. The quantitative estimate of drug-likeness (QED) is 0.898. The molecular weight excluding hydrogens is 253 g/mol. The molecule has 2 rings (SSSR count). The van der Waals surface area contributed by atoms with E-state index in [0.717, 1.165) is 11.1 Å². The molecule has 2 nitrogen and oxygen atoms in total. The molecule has 0 aliphatic heterocycles. The maximum Gasteiger partial charge on any atom is 0.126 e. The molecular formula is C17H20FNO. The summed E-state index contributed by atoms with van der Waals surface area (Å²) in [6.07, 6.45) is -0.809. The lowest BCUT2D eigenvalue weighted by molar-refractivity contribution is 0.147. The van der Waals surface area contributed by atoms with Crippen molar-refractivity contribution in [3.8, 4) is 0 Å². The summed E-state index contributed by atoms with van der Waals surface area (Å²) in [5.74, 6) is -0.541. The first-order valence-electron chi connectivity index (χ1n) is 6.74. The number of aliphatic hydroxyl groups is 1. The van der Waals surface area contributed by atoms with Crippen LogP contribution in [0.25, 0.3) is 0 Å². The molecule has 106 valence electrons. The van der Waals surface area contributed by atoms with E-state index in [1.165, 1.54) is 6.07 Å². The highest BCUT2D eigenvalue weighted by Crippen LogP contribution is 2.32. The lowest BCUT2D eigenvalue weighted by atomic mass is 9.86. The monoisotopic (exact) mass is 273 g/mol. The Morgan fingerprint density at radius 3 is 2.40 bits per heavy atom. The Hall–Kier alpha value is -1.71. The topological polar surface area (TPSA) is 46.2 Å². The molecule has 0 fully saturated rings. The molecule has 0 spiro atoms. The zero-order chi connectivity index (χ0) is 14.7. The van der Waals surface area contributed by atoms with Gasteiger partial charge in [-0.15, -0.1) is 0 Å². The van der Waals surface area contributed by atoms with Gasteiger partial charge in [0.25, 0.3) is 0 Å². The molecule has 2 atom stereocenters. The zero-order valence-corrected chi connectivity index (χ0v) is 11.8. The molecule has 20 heavy (non-hydrogen) atoms. The fourth-order valence-electron chi connectivity index (χ4n) is 2.45. The summed E-state index contributed by atoms with van der Waals surface area (Å²) >= 11 is 0. The van der Waals surface area contributed by atoms with Crippen molar-refractivity contribution in [2.45, 2.75) is 25.9 Å². The van der Waals surface area contributed by atoms with Crippen molar-refractivity contribution in [1.29, 1.82) is 0 Å². The van der Waals surface area contributed by atoms with Crippen LogP contribution in [0.5, 0.6) is 0 Å². The van der Waals surface area contributed by atoms with E-state index in [9.17, 15) is 9.50 Å². The standard InChI is InChI=1S/C17H20FNO/c1-11-5-3-4-6-14(11)15(10-19)17(20)13-8-7-12(2)16(18)9-13/h3-9,15,17,20H,10,19H2,1-2H3. The first kappa shape index (κ1) is 14.7. The number of aryl methyl sites for hydroxylation is 2. The highest BCUT2D eigenvalue weighted by Gasteiger charge is 2.23. The predicted octanol–water partition coefficient (Wildman–Crippen LogP) is 3.22. The molecule has 0 aromatic heterocycles. The number of hydrogen-bond donors (Lipinski definition) is 2. The number of hydrogen-bond acceptors (Lipinski definition) is 2. The van der Waals surface area contributed by atoms with Gasteiger partial charge in [0.15, 0.2) is 0 Å². The third kappa shape index (κ3) is 2.89. The molecule has 0 saturated heterocycles. The minimum atomic E-state index is -0.809. The predicted molar refractivity (Wildman–Crippen MR) is 79.1 cm³/mol. The van der Waals surface area contributed by atoms with Crippen molar-refractivity contribution in [3.63, 3.8) is 0 Å². The van der Waals surface area contributed by atoms with E-state index in [0.29, 0.717) is 17.7 Å². The molecule has 0 heterocycles. The minimum Gasteiger partial charge on any atom is -0.388 e. The Balaban J connectivity index is 2.36. The fourth-order valence-corrected chi connectivity index (χ4v) is 2.45. The van der Waals surface area contributed by atoms with Crippen LogP contribution in [0, 0.1) is 19.7 Å². The van der Waals surface area contributed by atoms with E-state index in [4.69, 9.17) is 5.73 Å². The average Bonchev–Trinajstić information content (AvgIpc) is 2.44. The number of aliphatic hydroxyl groups excluding tert-OH is 1. The number of rotatable bonds is 4. The van der Waals surface area contributed by atoms with Crippen molar-refractivity contribution >= 4 is 0 Å². The van der Waals surface area contributed by atoms with Crippen molar-refractivity contribution < 1.29 is 9.50 Å². The van der Waals surface area contributed by atoms with Gasteiger partial charge in [-0.3, -0.25) is 0 Å². The summed E-state index contributed by atoms with van der Waals surface area (Å²) in [4.78, 5) is 0. The van der Waals surface area contributed by atoms with Crippen LogP contribution in [0.3, 0.4) is 0 Å². The van der Waals surface area contributed by atoms with Gasteiger partial charge in [-0.05, 0) is 42.2 Å². The summed E-state index contributed by atoms with van der Waals surface area (Å²) in [6.45, 7) is 4.00. The molecule has 0 saturated carbocycles. The maximum absolute atomic E-state index is 13.6. The molecule has 0 bridgehead atoms. The highest BCUT2D eigenvalue weighted by atomic mass is 19.1. The average molecular weight is 273 g/mol. The van der Waals surface area contributed by atoms with Crippen LogP contribution in [0.2, 0.25) is 0 Å². The maximum atomic E-state index is 13.6. The van der Waals surface area contributed by atoms with E-state index >= 15 is 0 Å². The van der Waals surface area contributed by atoms with Gasteiger partial charge in [-0.25, -0.2) is 4.39 Å². The molecule has 2 aromatic carbocycles. The second-order valence-electron chi connectivity index (χ2n) is 5.15. The van der Waals surface area contributed by atoms with Crippen molar-refractivity contribution in [3.05, 3.63) is 70.5 Å². The van der Waals surface area contributed by atoms with Crippen molar-refractivity contribution in [1.82, 2.24) is 0 Å². The summed E-state index contributed by atoms with van der Waals surface area (Å²) in [5, 5.41) is 10.5. The Bertz CT molecular complexity index is 597. The second kappa shape index (κ2) is 6.16. The Kier molecular flexibility index (Phi) is 4.53. The number of halogens is 1. The smallest absolute Gasteiger partial charge is 0.126 e. The van der Waals surface area contributed by atoms with Crippen LogP contribution >= 0.6 is 0 Å². The molecule has 3 N–H and O–H groups in total. The van der Waals surface area contributed by atoms with Gasteiger partial charge < -0.3 is 10.8 Å². The Labute approximate surface area is 119 Å². The van der Waals surface area contributed by atoms with Crippen LogP contribution in [-0.4, -0.2) is 11.7 Å². The lowest BCUT2D eigenvalue weighted by Crippen LogP contribution is -2.21. The van der Waals surface area contributed by atoms with Crippen LogP contribution in [0.1, 0.15) is 34.3 Å². The zero-order valence-electron chi connectivity index (χ0n) is 11.8. The molecule has 0 radical (unpaired) electrons. The van der Waals surface area contributed by atoms with Crippen LogP contribution in [0.15, 0.2) is 42.5 Å². The molecule has 2 unspecified atom stereocenters. The van der Waals surface area contributed by atoms with Gasteiger partial charge in [0.1, 0.15) is 5.82 Å². The Morgan fingerprint density at radius 1 is 1.10 bits per heavy atom. The van der Waals surface area contributed by atoms with Crippen molar-refractivity contribution in [2.75, 3.05) is 6.54 Å². The highest BCUT2D eigenvalue weighted by molar-refractivity contribution is 5.34. The third-order valence-corrected chi connectivity index (χ3v) is 3.76. The molecule has 2 aromatic rings. The third-order valence-electron chi connectivity index (χ3n) is 3.76. The SMILES string of the molecule is Cc1ccc(C(O)C(CN)c2ccccc2C)cc1F. The minimum absolute atomic E-state index is 0.238. The van der Waals surface area contributed by atoms with Gasteiger partial charge in [0.05, 0.1) is 6.10 Å². The van der Waals surface area contributed by atoms with Crippen molar-refractivity contribution in [2.24, 2.45) is 5.73 Å². The summed E-state index contributed by atoms with van der Waals surface area (Å²) < 4.78 is 13.6. The van der Waals surface area contributed by atoms with Crippen LogP contribution in [-0.2, 0) is 0 Å². The van der Waals surface area contributed by atoms with Gasteiger partial charge >= 0.3 is 0 Å². The summed E-state index contributed by atoms with van der Waals surface area (Å²) in [7, 11) is 0. The van der Waals surface area contributed by atoms with Crippen LogP contribution in [0.4, 0.5) is 4.39 Å². The molecule has 0 amide bonds. The molecule has 3 heteroatoms. The van der Waals surface area contributed by atoms with E-state index in [1.807, 2.05) is 31.2 Å². The first-order valence-corrected chi connectivity index (χ1v) is 6.74. The van der Waals surface area contributed by atoms with Gasteiger partial charge in [0.2, 0.25) is 0 Å². The van der Waals surface area contributed by atoms with Gasteiger partial charge in [-0.2, -0.15) is 0 Å². The number of nitrogens with two attached hydrogens (primary N) is 1. The van der Waals surface area contributed by atoms with E-state index in [1.54, 1.807) is 19.1 Å². The number of benzene rings is 2. The second-order valence-corrected chi connectivity index (χ2v) is 5.15. The Morgan fingerprint density at radius 2 is 1.80 bits per heavy atom. The van der Waals surface area contributed by atoms with Crippen LogP contribution < -0.4 is 5.73 Å². The normalized spacial score (nSPS) is 14.1. The largest absolute Gasteiger partial charge is 0.388 e. The first-order chi connectivity index (χ1) is 9.54. The summed E-state index contributed by atoms with van der Waals surface area (Å²) in [6, 6.07) is 12.6. The lowest BCUT2D eigenvalue weighted by Gasteiger charge is -2.24. The van der Waals surface area contributed by atoms with E-state index < -0.39 is 6.10 Å². The summed E-state index contributed by atoms with van der Waals surface area (Å²) in [5.41, 5.74) is 9.04. The molecule has 0 aliphatic carbocycles. The van der Waals surface area contributed by atoms with Gasteiger partial charge in [0, 0.05) is 12.5 Å². The molecule has 0 aliphatic rings. The van der Waals surface area contributed by atoms with E-state index in [-0.39, 0.29) is 11.7 Å². The van der Waals surface area contributed by atoms with Gasteiger partial charge in [-0.1, -0.05) is 36.4 Å². The van der Waals surface area contributed by atoms with E-state index in [2.05, 4.69) is 0 Å².